The molecule has 6 heteroatoms. The molecule has 0 aliphatic rings. The van der Waals surface area contributed by atoms with Crippen molar-refractivity contribution in [1.82, 2.24) is 19.9 Å². The second-order valence-corrected chi connectivity index (χ2v) is 16.9. The van der Waals surface area contributed by atoms with Gasteiger partial charge in [0, 0.05) is 49.2 Å². The number of nitrogens with zero attached hydrogens (tertiary/aromatic N) is 3. The topological polar surface area (TPSA) is 67.6 Å². The molecule has 13 aromatic rings. The van der Waals surface area contributed by atoms with Crippen molar-refractivity contribution in [2.24, 2.45) is 0 Å². The van der Waals surface area contributed by atoms with E-state index in [2.05, 4.69) is 179 Å². The summed E-state index contributed by atoms with van der Waals surface area (Å²) >= 11 is 6.47. The maximum atomic E-state index is 6.94. The number of fused-ring (bicyclic) bond motifs is 10. The van der Waals surface area contributed by atoms with Gasteiger partial charge < -0.3 is 9.40 Å². The van der Waals surface area contributed by atoms with E-state index in [0.29, 0.717) is 11.6 Å². The summed E-state index contributed by atoms with van der Waals surface area (Å²) in [6, 6.07) is 72.5. The molecule has 0 bridgehead atoms. The van der Waals surface area contributed by atoms with Gasteiger partial charge in [-0.25, -0.2) is 4.98 Å². The van der Waals surface area contributed by atoms with Gasteiger partial charge in [-0.15, -0.1) is 0 Å². The standard InChI is InChI=1S/C59H35ClN4O/c60-59-63-57(41-25-19-36(20-26-41)35-9-2-1-3-10-35)62-58(64-59)42-27-21-38(22-28-42)37-17-23-40(24-18-37)51-33-43-12-5-6-13-45(43)53-50-32-30-44(34-52(50)65-56(51)53)47-15-8-16-48-49-31-29-39-11-4-7-14-46(39)54(49)61-55(47)48/h1-34,61H. The number of aromatic nitrogens is 4. The summed E-state index contributed by atoms with van der Waals surface area (Å²) in [5.41, 5.74) is 14.6. The van der Waals surface area contributed by atoms with Gasteiger partial charge in [0.15, 0.2) is 11.6 Å². The molecule has 0 radical (unpaired) electrons. The van der Waals surface area contributed by atoms with Crippen molar-refractivity contribution in [3.63, 3.8) is 0 Å². The highest BCUT2D eigenvalue weighted by Gasteiger charge is 2.19. The van der Waals surface area contributed by atoms with Crippen LogP contribution in [0.3, 0.4) is 0 Å². The summed E-state index contributed by atoms with van der Waals surface area (Å²) in [6.45, 7) is 0. The monoisotopic (exact) mass is 850 g/mol. The van der Waals surface area contributed by atoms with Crippen molar-refractivity contribution >= 4 is 76.9 Å². The summed E-state index contributed by atoms with van der Waals surface area (Å²) in [4.78, 5) is 17.6. The average Bonchev–Trinajstić information content (AvgIpc) is 3.96. The van der Waals surface area contributed by atoms with Crippen molar-refractivity contribution in [3.05, 3.63) is 212 Å². The molecule has 3 heterocycles. The van der Waals surface area contributed by atoms with Crippen LogP contribution in [0.2, 0.25) is 5.28 Å². The number of hydrogen-bond acceptors (Lipinski definition) is 4. The number of halogens is 1. The smallest absolute Gasteiger partial charge is 0.226 e. The van der Waals surface area contributed by atoms with Gasteiger partial charge in [-0.05, 0) is 79.3 Å². The van der Waals surface area contributed by atoms with Crippen LogP contribution in [0.4, 0.5) is 0 Å². The molecule has 5 nitrogen and oxygen atoms in total. The van der Waals surface area contributed by atoms with E-state index in [1.807, 2.05) is 42.5 Å². The minimum atomic E-state index is 0.154. The Morgan fingerprint density at radius 2 is 0.892 bits per heavy atom. The first-order valence-electron chi connectivity index (χ1n) is 21.7. The van der Waals surface area contributed by atoms with E-state index in [0.717, 1.165) is 88.6 Å². The molecule has 10 aromatic carbocycles. The van der Waals surface area contributed by atoms with Gasteiger partial charge in [0.25, 0.3) is 0 Å². The lowest BCUT2D eigenvalue weighted by atomic mass is 9.94. The molecule has 65 heavy (non-hydrogen) atoms. The zero-order chi connectivity index (χ0) is 43.0. The average molecular weight is 851 g/mol. The van der Waals surface area contributed by atoms with Gasteiger partial charge in [-0.2, -0.15) is 9.97 Å². The van der Waals surface area contributed by atoms with Gasteiger partial charge in [-0.1, -0.05) is 188 Å². The highest BCUT2D eigenvalue weighted by molar-refractivity contribution is 6.28. The Labute approximate surface area is 378 Å². The molecule has 0 atom stereocenters. The van der Waals surface area contributed by atoms with E-state index in [1.165, 1.54) is 32.3 Å². The van der Waals surface area contributed by atoms with E-state index in [-0.39, 0.29) is 5.28 Å². The summed E-state index contributed by atoms with van der Waals surface area (Å²) in [6.07, 6.45) is 0. The summed E-state index contributed by atoms with van der Waals surface area (Å²) < 4.78 is 6.94. The van der Waals surface area contributed by atoms with E-state index >= 15 is 0 Å². The lowest BCUT2D eigenvalue weighted by Gasteiger charge is -2.09. The molecule has 0 amide bonds. The summed E-state index contributed by atoms with van der Waals surface area (Å²) in [5.74, 6) is 1.06. The van der Waals surface area contributed by atoms with Gasteiger partial charge in [0.05, 0.1) is 11.0 Å². The molecule has 0 saturated carbocycles. The SMILES string of the molecule is Clc1nc(-c2ccc(-c3ccccc3)cc2)nc(-c2ccc(-c3ccc(-c4cc5ccccc5c5c4oc4cc(-c6cccc7c6[nH]c6c8ccccc8ccc76)ccc45)cc3)cc2)n1. The molecular weight excluding hydrogens is 816 g/mol. The van der Waals surface area contributed by atoms with Crippen molar-refractivity contribution < 1.29 is 4.42 Å². The Morgan fingerprint density at radius 1 is 0.354 bits per heavy atom. The Kier molecular flexibility index (Phi) is 8.51. The summed E-state index contributed by atoms with van der Waals surface area (Å²) in [7, 11) is 0. The zero-order valence-corrected chi connectivity index (χ0v) is 35.5. The molecule has 0 saturated heterocycles. The van der Waals surface area contributed by atoms with Crippen LogP contribution < -0.4 is 0 Å². The van der Waals surface area contributed by atoms with Crippen molar-refractivity contribution in [3.8, 4) is 67.3 Å². The van der Waals surface area contributed by atoms with Crippen LogP contribution in [0.5, 0.6) is 0 Å². The number of hydrogen-bond donors (Lipinski definition) is 1. The highest BCUT2D eigenvalue weighted by Crippen LogP contribution is 2.44. The number of H-pyrrole nitrogens is 1. The quantitative estimate of drug-likeness (QED) is 0.181. The Bertz CT molecular complexity index is 3990. The molecule has 0 aliphatic heterocycles. The van der Waals surface area contributed by atoms with Gasteiger partial charge in [-0.3, -0.25) is 0 Å². The maximum absolute atomic E-state index is 6.94. The number of rotatable bonds is 6. The zero-order valence-electron chi connectivity index (χ0n) is 34.8. The fourth-order valence-electron chi connectivity index (χ4n) is 9.62. The van der Waals surface area contributed by atoms with Crippen LogP contribution in [-0.4, -0.2) is 19.9 Å². The minimum Gasteiger partial charge on any atom is -0.455 e. The van der Waals surface area contributed by atoms with Crippen molar-refractivity contribution in [2.45, 2.75) is 0 Å². The van der Waals surface area contributed by atoms with Crippen molar-refractivity contribution in [1.29, 1.82) is 0 Å². The van der Waals surface area contributed by atoms with E-state index in [1.54, 1.807) is 0 Å². The summed E-state index contributed by atoms with van der Waals surface area (Å²) in [5, 5.41) is 9.61. The molecule has 13 rings (SSSR count). The number of benzene rings is 10. The predicted molar refractivity (Wildman–Crippen MR) is 269 cm³/mol. The third kappa shape index (κ3) is 6.28. The van der Waals surface area contributed by atoms with Gasteiger partial charge >= 0.3 is 0 Å². The normalized spacial score (nSPS) is 11.8. The number of furan rings is 1. The Hall–Kier alpha value is -8.38. The first kappa shape index (κ1) is 37.2. The van der Waals surface area contributed by atoms with Crippen molar-refractivity contribution in [2.75, 3.05) is 0 Å². The molecule has 0 unspecified atom stereocenters. The molecule has 3 aromatic heterocycles. The molecular formula is C59H35ClN4O. The van der Waals surface area contributed by atoms with Crippen LogP contribution in [0.15, 0.2) is 211 Å². The molecule has 0 aliphatic carbocycles. The molecule has 0 fully saturated rings. The van der Waals surface area contributed by atoms with Crippen LogP contribution >= 0.6 is 11.6 Å². The van der Waals surface area contributed by atoms with E-state index in [4.69, 9.17) is 21.0 Å². The van der Waals surface area contributed by atoms with Crippen LogP contribution in [0.25, 0.3) is 133 Å². The highest BCUT2D eigenvalue weighted by atomic mass is 35.5. The maximum Gasteiger partial charge on any atom is 0.226 e. The predicted octanol–water partition coefficient (Wildman–Crippen LogP) is 16.4. The minimum absolute atomic E-state index is 0.154. The third-order valence-electron chi connectivity index (χ3n) is 12.8. The number of nitrogens with one attached hydrogen (secondary N) is 1. The number of para-hydroxylation sites is 1. The van der Waals surface area contributed by atoms with E-state index < -0.39 is 0 Å². The van der Waals surface area contributed by atoms with Crippen LogP contribution in [0.1, 0.15) is 0 Å². The molecule has 304 valence electrons. The largest absolute Gasteiger partial charge is 0.455 e. The third-order valence-corrected chi connectivity index (χ3v) is 13.0. The second kappa shape index (κ2) is 14.9. The van der Waals surface area contributed by atoms with Gasteiger partial charge in [0.2, 0.25) is 5.28 Å². The lowest BCUT2D eigenvalue weighted by molar-refractivity contribution is 0.670. The van der Waals surface area contributed by atoms with Crippen LogP contribution in [0, 0.1) is 0 Å². The van der Waals surface area contributed by atoms with Gasteiger partial charge in [0.1, 0.15) is 11.2 Å². The fraction of sp³-hybridized carbons (Fsp3) is 0. The fourth-order valence-corrected chi connectivity index (χ4v) is 9.78. The first-order valence-corrected chi connectivity index (χ1v) is 22.1. The molecule has 0 spiro atoms. The molecule has 1 N–H and O–H groups in total. The lowest BCUT2D eigenvalue weighted by Crippen LogP contribution is -1.97. The number of aromatic amines is 1. The second-order valence-electron chi connectivity index (χ2n) is 16.6. The Balaban J connectivity index is 0.834. The first-order chi connectivity index (χ1) is 32.1. The Morgan fingerprint density at radius 3 is 1.60 bits per heavy atom. The van der Waals surface area contributed by atoms with Crippen LogP contribution in [-0.2, 0) is 0 Å². The van der Waals surface area contributed by atoms with E-state index in [9.17, 15) is 0 Å².